The van der Waals surface area contributed by atoms with Crippen LogP contribution in [0.25, 0.3) is 0 Å². The molecule has 1 aromatic rings. The third-order valence-electron chi connectivity index (χ3n) is 3.64. The van der Waals surface area contributed by atoms with E-state index in [0.29, 0.717) is 12.6 Å². The summed E-state index contributed by atoms with van der Waals surface area (Å²) in [7, 11) is -3.20. The number of primary amides is 1. The molecule has 0 bridgehead atoms. The molecule has 0 aliphatic carbocycles. The van der Waals surface area contributed by atoms with E-state index in [2.05, 4.69) is 21.7 Å². The van der Waals surface area contributed by atoms with E-state index in [9.17, 15) is 13.2 Å². The van der Waals surface area contributed by atoms with Crippen molar-refractivity contribution in [1.29, 1.82) is 0 Å². The molecule has 7 heteroatoms. The van der Waals surface area contributed by atoms with Gasteiger partial charge in [-0.1, -0.05) is 0 Å². The van der Waals surface area contributed by atoms with Crippen LogP contribution in [-0.4, -0.2) is 43.8 Å². The molecule has 1 aliphatic rings. The van der Waals surface area contributed by atoms with Gasteiger partial charge in [0, 0.05) is 19.0 Å². The molecule has 1 atom stereocenters. The summed E-state index contributed by atoms with van der Waals surface area (Å²) in [6, 6.07) is 2.45. The fourth-order valence-electron chi connectivity index (χ4n) is 2.55. The predicted octanol–water partition coefficient (Wildman–Crippen LogP) is 1.18. The number of likely N-dealkylation sites (tertiary alicyclic amines) is 1. The Kier molecular flexibility index (Phi) is 5.17. The average Bonchev–Trinajstić information content (AvgIpc) is 3.04. The predicted molar refractivity (Wildman–Crippen MR) is 80.3 cm³/mol. The quantitative estimate of drug-likeness (QED) is 0.819. The molecule has 0 spiro atoms. The fourth-order valence-corrected chi connectivity index (χ4v) is 4.49. The summed E-state index contributed by atoms with van der Waals surface area (Å²) in [5.74, 6) is -0.605. The zero-order valence-electron chi connectivity index (χ0n) is 11.3. The molecule has 1 fully saturated rings. The minimum Gasteiger partial charge on any atom is -0.370 e. The maximum Gasteiger partial charge on any atom is 0.218 e. The smallest absolute Gasteiger partial charge is 0.218 e. The highest BCUT2D eigenvalue weighted by Crippen LogP contribution is 2.32. The summed E-state index contributed by atoms with van der Waals surface area (Å²) >= 11 is 1.67. The van der Waals surface area contributed by atoms with Gasteiger partial charge >= 0.3 is 0 Å². The van der Waals surface area contributed by atoms with Gasteiger partial charge in [0.25, 0.3) is 0 Å². The Morgan fingerprint density at radius 3 is 2.90 bits per heavy atom. The van der Waals surface area contributed by atoms with E-state index in [1.165, 1.54) is 5.56 Å². The van der Waals surface area contributed by atoms with Crippen molar-refractivity contribution in [3.8, 4) is 0 Å². The molecule has 2 N–H and O–H groups in total. The first kappa shape index (κ1) is 15.5. The zero-order chi connectivity index (χ0) is 14.6. The number of amides is 1. The summed E-state index contributed by atoms with van der Waals surface area (Å²) < 4.78 is 23.7. The van der Waals surface area contributed by atoms with Crippen LogP contribution >= 0.6 is 11.3 Å². The Morgan fingerprint density at radius 2 is 2.25 bits per heavy atom. The number of rotatable bonds is 7. The van der Waals surface area contributed by atoms with Gasteiger partial charge in [0.15, 0.2) is 9.84 Å². The van der Waals surface area contributed by atoms with Crippen molar-refractivity contribution in [3.63, 3.8) is 0 Å². The first-order valence-corrected chi connectivity index (χ1v) is 9.49. The van der Waals surface area contributed by atoms with Gasteiger partial charge in [-0.2, -0.15) is 11.3 Å². The van der Waals surface area contributed by atoms with Crippen LogP contribution in [0, 0.1) is 0 Å². The standard InChI is InChI=1S/C13H20N2O3S2/c14-13(16)4-8-20(17,18)9-6-15-5-1-2-12(15)11-3-7-19-10-11/h3,7,10,12H,1-2,4-6,8-9H2,(H2,14,16)/t12-/m1/s1. The lowest BCUT2D eigenvalue weighted by molar-refractivity contribution is -0.117. The minimum atomic E-state index is -3.20. The van der Waals surface area contributed by atoms with E-state index in [4.69, 9.17) is 5.73 Å². The van der Waals surface area contributed by atoms with Crippen molar-refractivity contribution in [2.24, 2.45) is 5.73 Å². The van der Waals surface area contributed by atoms with Gasteiger partial charge in [-0.15, -0.1) is 0 Å². The first-order chi connectivity index (χ1) is 9.48. The van der Waals surface area contributed by atoms with Crippen molar-refractivity contribution in [3.05, 3.63) is 22.4 Å². The molecule has 5 nitrogen and oxygen atoms in total. The van der Waals surface area contributed by atoms with Crippen molar-refractivity contribution in [2.75, 3.05) is 24.6 Å². The van der Waals surface area contributed by atoms with Gasteiger partial charge in [-0.25, -0.2) is 8.42 Å². The fraction of sp³-hybridized carbons (Fsp3) is 0.615. The monoisotopic (exact) mass is 316 g/mol. The second-order valence-corrected chi connectivity index (χ2v) is 8.20. The Hall–Kier alpha value is -0.920. The molecule has 0 radical (unpaired) electrons. The van der Waals surface area contributed by atoms with Gasteiger partial charge in [0.1, 0.15) is 0 Å². The summed E-state index contributed by atoms with van der Waals surface area (Å²) in [4.78, 5) is 12.9. The lowest BCUT2D eigenvalue weighted by Gasteiger charge is -2.23. The third kappa shape index (κ3) is 4.29. The summed E-state index contributed by atoms with van der Waals surface area (Å²) in [5, 5.41) is 4.18. The molecule has 2 rings (SSSR count). The molecule has 1 aromatic heterocycles. The molecule has 20 heavy (non-hydrogen) atoms. The average molecular weight is 316 g/mol. The van der Waals surface area contributed by atoms with Crippen LogP contribution in [0.5, 0.6) is 0 Å². The van der Waals surface area contributed by atoms with E-state index in [0.717, 1.165) is 19.4 Å². The number of hydrogen-bond donors (Lipinski definition) is 1. The number of nitrogens with zero attached hydrogens (tertiary/aromatic N) is 1. The molecule has 112 valence electrons. The molecule has 0 unspecified atom stereocenters. The highest BCUT2D eigenvalue weighted by atomic mass is 32.2. The van der Waals surface area contributed by atoms with Crippen LogP contribution < -0.4 is 5.73 Å². The Morgan fingerprint density at radius 1 is 1.45 bits per heavy atom. The van der Waals surface area contributed by atoms with Gasteiger partial charge in [0.2, 0.25) is 5.91 Å². The number of nitrogens with two attached hydrogens (primary N) is 1. The van der Waals surface area contributed by atoms with Gasteiger partial charge < -0.3 is 5.73 Å². The van der Waals surface area contributed by atoms with Crippen LogP contribution in [0.3, 0.4) is 0 Å². The molecule has 2 heterocycles. The number of carbonyl (C=O) groups excluding carboxylic acids is 1. The van der Waals surface area contributed by atoms with E-state index in [-0.39, 0.29) is 17.9 Å². The molecular formula is C13H20N2O3S2. The SMILES string of the molecule is NC(=O)CCS(=O)(=O)CCN1CCC[C@@H]1c1ccsc1. The maximum absolute atomic E-state index is 11.9. The van der Waals surface area contributed by atoms with E-state index < -0.39 is 15.7 Å². The van der Waals surface area contributed by atoms with E-state index in [1.54, 1.807) is 11.3 Å². The normalized spacial score (nSPS) is 20.3. The second kappa shape index (κ2) is 6.69. The van der Waals surface area contributed by atoms with Crippen molar-refractivity contribution >= 4 is 27.1 Å². The number of thiophene rings is 1. The summed E-state index contributed by atoms with van der Waals surface area (Å²) in [6.07, 6.45) is 2.09. The summed E-state index contributed by atoms with van der Waals surface area (Å²) in [5.41, 5.74) is 6.27. The Balaban J connectivity index is 1.88. The third-order valence-corrected chi connectivity index (χ3v) is 5.97. The largest absolute Gasteiger partial charge is 0.370 e. The minimum absolute atomic E-state index is 0.0870. The lowest BCUT2D eigenvalue weighted by atomic mass is 10.1. The van der Waals surface area contributed by atoms with Crippen LogP contribution in [0.4, 0.5) is 0 Å². The molecule has 1 amide bonds. The maximum atomic E-state index is 11.9. The molecule has 0 aromatic carbocycles. The number of hydrogen-bond acceptors (Lipinski definition) is 5. The van der Waals surface area contributed by atoms with Crippen LogP contribution in [0.2, 0.25) is 0 Å². The van der Waals surface area contributed by atoms with Crippen LogP contribution in [-0.2, 0) is 14.6 Å². The molecule has 1 saturated heterocycles. The Labute approximate surface area is 123 Å². The number of carbonyl (C=O) groups is 1. The van der Waals surface area contributed by atoms with Crippen molar-refractivity contribution in [2.45, 2.75) is 25.3 Å². The highest BCUT2D eigenvalue weighted by Gasteiger charge is 2.27. The molecule has 0 saturated carbocycles. The zero-order valence-corrected chi connectivity index (χ0v) is 13.0. The molecular weight excluding hydrogens is 296 g/mol. The van der Waals surface area contributed by atoms with Gasteiger partial charge in [0.05, 0.1) is 11.5 Å². The Bertz CT molecular complexity index is 540. The van der Waals surface area contributed by atoms with Crippen molar-refractivity contribution in [1.82, 2.24) is 4.90 Å². The molecule has 1 aliphatic heterocycles. The van der Waals surface area contributed by atoms with Gasteiger partial charge in [-0.3, -0.25) is 9.69 Å². The van der Waals surface area contributed by atoms with Crippen LogP contribution in [0.15, 0.2) is 16.8 Å². The first-order valence-electron chi connectivity index (χ1n) is 6.73. The second-order valence-electron chi connectivity index (χ2n) is 5.12. The highest BCUT2D eigenvalue weighted by molar-refractivity contribution is 7.91. The van der Waals surface area contributed by atoms with Crippen LogP contribution in [0.1, 0.15) is 30.9 Å². The van der Waals surface area contributed by atoms with E-state index in [1.807, 2.05) is 0 Å². The van der Waals surface area contributed by atoms with Gasteiger partial charge in [-0.05, 0) is 41.8 Å². The lowest BCUT2D eigenvalue weighted by Crippen LogP contribution is -2.30. The topological polar surface area (TPSA) is 80.5 Å². The van der Waals surface area contributed by atoms with E-state index >= 15 is 0 Å². The number of sulfone groups is 1. The summed E-state index contributed by atoms with van der Waals surface area (Å²) in [6.45, 7) is 1.47. The van der Waals surface area contributed by atoms with Crippen molar-refractivity contribution < 1.29 is 13.2 Å².